The van der Waals surface area contributed by atoms with Crippen molar-refractivity contribution in [3.8, 4) is 0 Å². The van der Waals surface area contributed by atoms with Crippen LogP contribution in [-0.2, 0) is 13.6 Å². The van der Waals surface area contributed by atoms with Gasteiger partial charge < -0.3 is 0 Å². The molecule has 2 aliphatic rings. The number of hydrogen-bond acceptors (Lipinski definition) is 3. The van der Waals surface area contributed by atoms with E-state index < -0.39 is 0 Å². The predicted molar refractivity (Wildman–Crippen MR) is 90.6 cm³/mol. The normalized spacial score (nSPS) is 27.5. The van der Waals surface area contributed by atoms with Gasteiger partial charge in [-0.3, -0.25) is 9.13 Å². The summed E-state index contributed by atoms with van der Waals surface area (Å²) in [5, 5.41) is 0.198. The Kier molecular flexibility index (Phi) is 3.92. The SMILES string of the molecule is Cn1c(=O)n(CCC2CC3CCCC(C3)C2)c2nc(Cl)ncc21. The van der Waals surface area contributed by atoms with Crippen LogP contribution in [0.4, 0.5) is 0 Å². The first-order valence-corrected chi connectivity index (χ1v) is 9.07. The Hall–Kier alpha value is -1.36. The quantitative estimate of drug-likeness (QED) is 0.808. The fourth-order valence-electron chi connectivity index (χ4n) is 4.77. The van der Waals surface area contributed by atoms with Crippen molar-refractivity contribution in [1.82, 2.24) is 19.1 Å². The molecule has 2 atom stereocenters. The molecule has 0 saturated heterocycles. The van der Waals surface area contributed by atoms with Crippen LogP contribution < -0.4 is 5.69 Å². The first-order valence-electron chi connectivity index (χ1n) is 8.69. The highest BCUT2D eigenvalue weighted by molar-refractivity contribution is 6.28. The van der Waals surface area contributed by atoms with Gasteiger partial charge in [-0.15, -0.1) is 0 Å². The van der Waals surface area contributed by atoms with Gasteiger partial charge in [0.1, 0.15) is 5.52 Å². The van der Waals surface area contributed by atoms with E-state index in [-0.39, 0.29) is 11.0 Å². The van der Waals surface area contributed by atoms with Crippen LogP contribution in [0.25, 0.3) is 11.2 Å². The van der Waals surface area contributed by atoms with Gasteiger partial charge in [-0.2, -0.15) is 4.98 Å². The van der Waals surface area contributed by atoms with E-state index in [9.17, 15) is 4.79 Å². The van der Waals surface area contributed by atoms with E-state index in [1.807, 2.05) is 0 Å². The van der Waals surface area contributed by atoms with Gasteiger partial charge in [-0.1, -0.05) is 19.3 Å². The minimum absolute atomic E-state index is 0.0208. The molecule has 2 aromatic heterocycles. The van der Waals surface area contributed by atoms with Crippen molar-refractivity contribution in [1.29, 1.82) is 0 Å². The molecule has 124 valence electrons. The fourth-order valence-corrected chi connectivity index (χ4v) is 4.90. The van der Waals surface area contributed by atoms with Crippen LogP contribution >= 0.6 is 11.6 Å². The molecule has 0 radical (unpaired) electrons. The first kappa shape index (κ1) is 15.2. The molecule has 2 unspecified atom stereocenters. The number of nitrogens with zero attached hydrogens (tertiary/aromatic N) is 4. The Balaban J connectivity index is 1.55. The third-order valence-corrected chi connectivity index (χ3v) is 6.02. The van der Waals surface area contributed by atoms with Gasteiger partial charge in [0.05, 0.1) is 6.20 Å². The van der Waals surface area contributed by atoms with Crippen molar-refractivity contribution < 1.29 is 0 Å². The lowest BCUT2D eigenvalue weighted by molar-refractivity contribution is 0.129. The number of rotatable bonds is 3. The van der Waals surface area contributed by atoms with Gasteiger partial charge in [0.25, 0.3) is 0 Å². The van der Waals surface area contributed by atoms with E-state index >= 15 is 0 Å². The lowest BCUT2D eigenvalue weighted by Crippen LogP contribution is -2.29. The van der Waals surface area contributed by atoms with E-state index in [1.54, 1.807) is 22.4 Å². The van der Waals surface area contributed by atoms with Crippen LogP contribution in [0.3, 0.4) is 0 Å². The van der Waals surface area contributed by atoms with Crippen LogP contribution in [0.15, 0.2) is 11.0 Å². The third-order valence-electron chi connectivity index (χ3n) is 5.84. The molecule has 0 aromatic carbocycles. The summed E-state index contributed by atoms with van der Waals surface area (Å²) in [4.78, 5) is 20.8. The van der Waals surface area contributed by atoms with Gasteiger partial charge >= 0.3 is 5.69 Å². The summed E-state index contributed by atoms with van der Waals surface area (Å²) in [6.07, 6.45) is 11.0. The van der Waals surface area contributed by atoms with Gasteiger partial charge in [0.2, 0.25) is 5.28 Å². The van der Waals surface area contributed by atoms with Gasteiger partial charge in [0.15, 0.2) is 5.65 Å². The summed E-state index contributed by atoms with van der Waals surface area (Å²) in [7, 11) is 1.77. The standard InChI is InChI=1S/C17H23ClN4O/c1-21-14-10-19-16(18)20-15(14)22(17(21)23)6-5-13-8-11-3-2-4-12(7-11)9-13/h10-13H,2-9H2,1H3. The number of imidazole rings is 1. The van der Waals surface area contributed by atoms with Crippen molar-refractivity contribution in [2.75, 3.05) is 0 Å². The molecule has 5 nitrogen and oxygen atoms in total. The third kappa shape index (κ3) is 2.80. The average molecular weight is 335 g/mol. The molecule has 2 aromatic rings. The van der Waals surface area contributed by atoms with Crippen molar-refractivity contribution in [3.63, 3.8) is 0 Å². The minimum atomic E-state index is -0.0208. The van der Waals surface area contributed by atoms with Crippen LogP contribution in [0.1, 0.15) is 44.9 Å². The smallest absolute Gasteiger partial charge is 0.292 e. The number of aryl methyl sites for hydroxylation is 2. The summed E-state index contributed by atoms with van der Waals surface area (Å²) in [6.45, 7) is 0.730. The second-order valence-corrected chi connectivity index (χ2v) is 7.70. The molecule has 0 spiro atoms. The molecule has 2 heterocycles. The second kappa shape index (κ2) is 5.93. The fraction of sp³-hybridized carbons (Fsp3) is 0.706. The van der Waals surface area contributed by atoms with Crippen molar-refractivity contribution in [2.45, 2.75) is 51.5 Å². The van der Waals surface area contributed by atoms with Gasteiger partial charge in [-0.05, 0) is 55.0 Å². The Morgan fingerprint density at radius 3 is 2.74 bits per heavy atom. The summed E-state index contributed by atoms with van der Waals surface area (Å²) < 4.78 is 3.38. The maximum absolute atomic E-state index is 12.5. The summed E-state index contributed by atoms with van der Waals surface area (Å²) in [5.41, 5.74) is 1.39. The second-order valence-electron chi connectivity index (χ2n) is 7.37. The largest absolute Gasteiger partial charge is 0.330 e. The summed E-state index contributed by atoms with van der Waals surface area (Å²) in [5.74, 6) is 2.60. The molecule has 6 heteroatoms. The van der Waals surface area contributed by atoms with E-state index in [0.717, 1.165) is 36.2 Å². The molecule has 0 amide bonds. The predicted octanol–water partition coefficient (Wildman–Crippen LogP) is 3.39. The van der Waals surface area contributed by atoms with Crippen molar-refractivity contribution in [3.05, 3.63) is 22.0 Å². The molecule has 2 aliphatic carbocycles. The maximum atomic E-state index is 12.5. The monoisotopic (exact) mass is 334 g/mol. The van der Waals surface area contributed by atoms with E-state index in [1.165, 1.54) is 38.5 Å². The molecule has 2 fully saturated rings. The molecule has 2 saturated carbocycles. The van der Waals surface area contributed by atoms with Gasteiger partial charge in [-0.25, -0.2) is 9.78 Å². The molecule has 2 bridgehead atoms. The number of halogens is 1. The van der Waals surface area contributed by atoms with Crippen LogP contribution in [0.2, 0.25) is 5.28 Å². The van der Waals surface area contributed by atoms with Crippen LogP contribution in [0, 0.1) is 17.8 Å². The van der Waals surface area contributed by atoms with Crippen molar-refractivity contribution in [2.24, 2.45) is 24.8 Å². The highest BCUT2D eigenvalue weighted by atomic mass is 35.5. The maximum Gasteiger partial charge on any atom is 0.330 e. The van der Waals surface area contributed by atoms with Crippen LogP contribution in [0.5, 0.6) is 0 Å². The first-order chi connectivity index (χ1) is 11.1. The number of hydrogen-bond donors (Lipinski definition) is 0. The van der Waals surface area contributed by atoms with E-state index in [2.05, 4.69) is 9.97 Å². The number of aromatic nitrogens is 4. The molecular weight excluding hydrogens is 312 g/mol. The Morgan fingerprint density at radius 2 is 2.00 bits per heavy atom. The zero-order chi connectivity index (χ0) is 16.0. The lowest BCUT2D eigenvalue weighted by atomic mass is 9.67. The summed E-state index contributed by atoms with van der Waals surface area (Å²) in [6, 6.07) is 0. The molecule has 23 heavy (non-hydrogen) atoms. The highest BCUT2D eigenvalue weighted by Crippen LogP contribution is 2.43. The molecule has 0 N–H and O–H groups in total. The zero-order valence-corrected chi connectivity index (χ0v) is 14.3. The molecule has 4 rings (SSSR count). The Bertz CT molecular complexity index is 769. The van der Waals surface area contributed by atoms with E-state index in [0.29, 0.717) is 5.65 Å². The molecule has 0 aliphatic heterocycles. The topological polar surface area (TPSA) is 52.7 Å². The van der Waals surface area contributed by atoms with E-state index in [4.69, 9.17) is 11.6 Å². The lowest BCUT2D eigenvalue weighted by Gasteiger charge is -2.39. The van der Waals surface area contributed by atoms with Gasteiger partial charge in [0, 0.05) is 13.6 Å². The summed E-state index contributed by atoms with van der Waals surface area (Å²) >= 11 is 5.92. The van der Waals surface area contributed by atoms with Crippen molar-refractivity contribution >= 4 is 22.8 Å². The average Bonchev–Trinajstić information content (AvgIpc) is 2.76. The van der Waals surface area contributed by atoms with Crippen LogP contribution in [-0.4, -0.2) is 19.1 Å². The number of fused-ring (bicyclic) bond motifs is 3. The zero-order valence-electron chi connectivity index (χ0n) is 13.5. The highest BCUT2D eigenvalue weighted by Gasteiger charge is 2.31. The minimum Gasteiger partial charge on any atom is -0.292 e. The molecular formula is C17H23ClN4O. The Labute approximate surface area is 140 Å². The Morgan fingerprint density at radius 1 is 1.26 bits per heavy atom.